The molecule has 0 bridgehead atoms. The molecule has 94 valence electrons. The van der Waals surface area contributed by atoms with Gasteiger partial charge in [0.05, 0.1) is 6.10 Å². The molecule has 0 aromatic heterocycles. The Bertz CT molecular complexity index is 254. The summed E-state index contributed by atoms with van der Waals surface area (Å²) in [4.78, 5) is 13.7. The summed E-state index contributed by atoms with van der Waals surface area (Å²) in [5.41, 5.74) is 0.285. The van der Waals surface area contributed by atoms with Crippen molar-refractivity contribution in [3.8, 4) is 0 Å². The third-order valence-corrected chi connectivity index (χ3v) is 3.22. The Morgan fingerprint density at radius 1 is 1.50 bits per heavy atom. The Balaban J connectivity index is 0.00000128. The number of hydrogen-bond acceptors (Lipinski definition) is 3. The SMILES string of the molecule is CC1(C)CCN(C(=O)COC2CNC2)C1.Cl. The van der Waals surface area contributed by atoms with E-state index in [-0.39, 0.29) is 36.4 Å². The molecule has 0 spiro atoms. The van der Waals surface area contributed by atoms with Gasteiger partial charge in [0, 0.05) is 26.2 Å². The number of likely N-dealkylation sites (tertiary alicyclic amines) is 1. The van der Waals surface area contributed by atoms with E-state index in [0.717, 1.165) is 32.6 Å². The first-order valence-electron chi connectivity index (χ1n) is 5.67. The molecule has 2 rings (SSSR count). The largest absolute Gasteiger partial charge is 0.366 e. The van der Waals surface area contributed by atoms with Crippen molar-refractivity contribution in [2.75, 3.05) is 32.8 Å². The summed E-state index contributed by atoms with van der Waals surface area (Å²) in [6.07, 6.45) is 1.36. The number of halogens is 1. The predicted octanol–water partition coefficient (Wildman–Crippen LogP) is 0.655. The van der Waals surface area contributed by atoms with Crippen molar-refractivity contribution in [1.29, 1.82) is 0 Å². The maximum atomic E-state index is 11.8. The minimum atomic E-state index is 0. The Kier molecular flexibility index (Phi) is 4.59. The molecule has 0 radical (unpaired) electrons. The molecule has 0 unspecified atom stereocenters. The van der Waals surface area contributed by atoms with E-state index in [4.69, 9.17) is 4.74 Å². The van der Waals surface area contributed by atoms with Crippen molar-refractivity contribution in [1.82, 2.24) is 10.2 Å². The molecule has 0 aromatic carbocycles. The van der Waals surface area contributed by atoms with E-state index >= 15 is 0 Å². The van der Waals surface area contributed by atoms with Crippen LogP contribution in [-0.4, -0.2) is 49.7 Å². The van der Waals surface area contributed by atoms with Crippen LogP contribution >= 0.6 is 12.4 Å². The summed E-state index contributed by atoms with van der Waals surface area (Å²) in [7, 11) is 0. The zero-order valence-corrected chi connectivity index (χ0v) is 10.8. The lowest BCUT2D eigenvalue weighted by atomic mass is 9.93. The molecule has 2 heterocycles. The molecule has 4 nitrogen and oxygen atoms in total. The van der Waals surface area contributed by atoms with Crippen LogP contribution < -0.4 is 5.32 Å². The topological polar surface area (TPSA) is 41.6 Å². The second-order valence-corrected chi connectivity index (χ2v) is 5.32. The second-order valence-electron chi connectivity index (χ2n) is 5.32. The van der Waals surface area contributed by atoms with Gasteiger partial charge in [0.1, 0.15) is 6.61 Å². The number of ether oxygens (including phenoxy) is 1. The second kappa shape index (κ2) is 5.34. The van der Waals surface area contributed by atoms with Gasteiger partial charge in [0.25, 0.3) is 0 Å². The fourth-order valence-electron chi connectivity index (χ4n) is 1.99. The predicted molar refractivity (Wildman–Crippen MR) is 64.8 cm³/mol. The molecule has 2 fully saturated rings. The number of carbonyl (C=O) groups excluding carboxylic acids is 1. The summed E-state index contributed by atoms with van der Waals surface area (Å²) in [5, 5.41) is 3.12. The van der Waals surface area contributed by atoms with E-state index in [1.54, 1.807) is 0 Å². The van der Waals surface area contributed by atoms with Crippen LogP contribution in [0.15, 0.2) is 0 Å². The third kappa shape index (κ3) is 3.34. The number of carbonyl (C=O) groups is 1. The minimum Gasteiger partial charge on any atom is -0.366 e. The zero-order chi connectivity index (χ0) is 10.9. The van der Waals surface area contributed by atoms with Crippen LogP contribution in [0.25, 0.3) is 0 Å². The monoisotopic (exact) mass is 248 g/mol. The fourth-order valence-corrected chi connectivity index (χ4v) is 1.99. The molecule has 0 aliphatic carbocycles. The summed E-state index contributed by atoms with van der Waals surface area (Å²) in [6, 6.07) is 0. The molecule has 2 aliphatic heterocycles. The van der Waals surface area contributed by atoms with Crippen LogP contribution in [0.1, 0.15) is 20.3 Å². The highest BCUT2D eigenvalue weighted by atomic mass is 35.5. The van der Waals surface area contributed by atoms with Gasteiger partial charge in [0.15, 0.2) is 0 Å². The molecule has 1 N–H and O–H groups in total. The fraction of sp³-hybridized carbons (Fsp3) is 0.909. The molecular formula is C11H21ClN2O2. The first-order chi connectivity index (χ1) is 7.07. The van der Waals surface area contributed by atoms with Crippen molar-refractivity contribution >= 4 is 18.3 Å². The van der Waals surface area contributed by atoms with Crippen molar-refractivity contribution in [2.24, 2.45) is 5.41 Å². The maximum Gasteiger partial charge on any atom is 0.248 e. The maximum absolute atomic E-state index is 11.8. The lowest BCUT2D eigenvalue weighted by Crippen LogP contribution is -2.49. The molecular weight excluding hydrogens is 228 g/mol. The first-order valence-corrected chi connectivity index (χ1v) is 5.67. The Morgan fingerprint density at radius 2 is 2.19 bits per heavy atom. The molecule has 0 saturated carbocycles. The normalized spacial score (nSPS) is 23.8. The highest BCUT2D eigenvalue weighted by Gasteiger charge is 2.32. The molecule has 16 heavy (non-hydrogen) atoms. The van der Waals surface area contributed by atoms with Gasteiger partial charge in [-0.15, -0.1) is 12.4 Å². The van der Waals surface area contributed by atoms with E-state index in [1.807, 2.05) is 4.90 Å². The van der Waals surface area contributed by atoms with Gasteiger partial charge in [-0.25, -0.2) is 0 Å². The minimum absolute atomic E-state index is 0. The van der Waals surface area contributed by atoms with Crippen LogP contribution in [-0.2, 0) is 9.53 Å². The van der Waals surface area contributed by atoms with Gasteiger partial charge >= 0.3 is 0 Å². The average Bonchev–Trinajstić information content (AvgIpc) is 2.43. The Morgan fingerprint density at radius 3 is 2.62 bits per heavy atom. The first kappa shape index (κ1) is 13.7. The number of rotatable bonds is 3. The highest BCUT2D eigenvalue weighted by Crippen LogP contribution is 2.28. The van der Waals surface area contributed by atoms with E-state index in [0.29, 0.717) is 0 Å². The molecule has 1 amide bonds. The van der Waals surface area contributed by atoms with Crippen molar-refractivity contribution in [3.05, 3.63) is 0 Å². The lowest BCUT2D eigenvalue weighted by Gasteiger charge is -2.28. The van der Waals surface area contributed by atoms with Gasteiger partial charge in [-0.2, -0.15) is 0 Å². The summed E-state index contributed by atoms with van der Waals surface area (Å²) < 4.78 is 5.47. The standard InChI is InChI=1S/C11H20N2O2.ClH/c1-11(2)3-4-13(8-11)10(14)7-15-9-5-12-6-9;/h9,12H,3-8H2,1-2H3;1H. The quantitative estimate of drug-likeness (QED) is 0.798. The zero-order valence-electron chi connectivity index (χ0n) is 9.99. The van der Waals surface area contributed by atoms with Crippen LogP contribution in [0.5, 0.6) is 0 Å². The summed E-state index contributed by atoms with van der Waals surface area (Å²) in [5.74, 6) is 0.146. The molecule has 0 aromatic rings. The lowest BCUT2D eigenvalue weighted by molar-refractivity contribution is -0.138. The van der Waals surface area contributed by atoms with Crippen LogP contribution in [0, 0.1) is 5.41 Å². The van der Waals surface area contributed by atoms with Gasteiger partial charge in [-0.3, -0.25) is 4.79 Å². The molecule has 5 heteroatoms. The van der Waals surface area contributed by atoms with E-state index in [2.05, 4.69) is 19.2 Å². The number of nitrogens with zero attached hydrogens (tertiary/aromatic N) is 1. The summed E-state index contributed by atoms with van der Waals surface area (Å²) in [6.45, 7) is 8.20. The van der Waals surface area contributed by atoms with Crippen molar-refractivity contribution in [3.63, 3.8) is 0 Å². The van der Waals surface area contributed by atoms with E-state index in [1.165, 1.54) is 0 Å². The Hall–Kier alpha value is -0.320. The van der Waals surface area contributed by atoms with Crippen molar-refractivity contribution < 1.29 is 9.53 Å². The van der Waals surface area contributed by atoms with Crippen molar-refractivity contribution in [2.45, 2.75) is 26.4 Å². The third-order valence-electron chi connectivity index (χ3n) is 3.22. The smallest absolute Gasteiger partial charge is 0.248 e. The molecule has 2 saturated heterocycles. The molecule has 0 atom stereocenters. The van der Waals surface area contributed by atoms with Gasteiger partial charge in [-0.05, 0) is 11.8 Å². The van der Waals surface area contributed by atoms with Crippen LogP contribution in [0.3, 0.4) is 0 Å². The average molecular weight is 249 g/mol. The van der Waals surface area contributed by atoms with Gasteiger partial charge in [-0.1, -0.05) is 13.8 Å². The van der Waals surface area contributed by atoms with Crippen LogP contribution in [0.4, 0.5) is 0 Å². The van der Waals surface area contributed by atoms with Gasteiger partial charge in [0.2, 0.25) is 5.91 Å². The van der Waals surface area contributed by atoms with Crippen LogP contribution in [0.2, 0.25) is 0 Å². The van der Waals surface area contributed by atoms with E-state index < -0.39 is 0 Å². The van der Waals surface area contributed by atoms with E-state index in [9.17, 15) is 4.79 Å². The van der Waals surface area contributed by atoms with Gasteiger partial charge < -0.3 is 15.0 Å². The number of hydrogen-bond donors (Lipinski definition) is 1. The summed E-state index contributed by atoms with van der Waals surface area (Å²) >= 11 is 0. The number of nitrogens with one attached hydrogen (secondary N) is 1. The Labute approximate surface area is 103 Å². The molecule has 2 aliphatic rings. The highest BCUT2D eigenvalue weighted by molar-refractivity contribution is 5.85. The number of amides is 1.